The largest absolute Gasteiger partial charge is 0.505 e. The Hall–Kier alpha value is -2.02. The number of aromatic hydroxyl groups is 1. The molecule has 2 aromatic carbocycles. The molecule has 0 aliphatic rings. The molecule has 0 amide bonds. The van der Waals surface area contributed by atoms with Crippen molar-refractivity contribution in [1.82, 2.24) is 14.9 Å². The van der Waals surface area contributed by atoms with Crippen molar-refractivity contribution in [2.45, 2.75) is 11.6 Å². The Morgan fingerprint density at radius 2 is 1.84 bits per heavy atom. The van der Waals surface area contributed by atoms with Crippen molar-refractivity contribution in [2.75, 3.05) is 6.26 Å². The lowest BCUT2D eigenvalue weighted by Crippen LogP contribution is -2.01. The van der Waals surface area contributed by atoms with Gasteiger partial charge in [0.05, 0.1) is 16.3 Å². The first-order valence-corrected chi connectivity index (χ1v) is 9.31. The van der Waals surface area contributed by atoms with E-state index in [1.807, 2.05) is 36.6 Å². The van der Waals surface area contributed by atoms with Gasteiger partial charge in [-0.3, -0.25) is 0 Å². The first kappa shape index (κ1) is 17.8. The van der Waals surface area contributed by atoms with Crippen LogP contribution < -0.4 is 0 Å². The minimum Gasteiger partial charge on any atom is -0.505 e. The van der Waals surface area contributed by atoms with Gasteiger partial charge in [-0.1, -0.05) is 65.3 Å². The first-order chi connectivity index (χ1) is 12.1. The second-order valence-electron chi connectivity index (χ2n) is 5.15. The van der Waals surface area contributed by atoms with E-state index < -0.39 is 0 Å². The van der Waals surface area contributed by atoms with Crippen molar-refractivity contribution in [3.05, 3.63) is 69.5 Å². The number of halogens is 2. The van der Waals surface area contributed by atoms with Crippen molar-refractivity contribution in [2.24, 2.45) is 5.10 Å². The molecule has 0 atom stereocenters. The van der Waals surface area contributed by atoms with E-state index >= 15 is 0 Å². The van der Waals surface area contributed by atoms with Gasteiger partial charge in [0.15, 0.2) is 11.6 Å². The predicted octanol–water partition coefficient (Wildman–Crippen LogP) is 4.49. The molecule has 1 N–H and O–H groups in total. The first-order valence-electron chi connectivity index (χ1n) is 7.33. The zero-order valence-corrected chi connectivity index (χ0v) is 15.6. The second-order valence-corrected chi connectivity index (χ2v) is 6.74. The Morgan fingerprint density at radius 3 is 2.48 bits per heavy atom. The average molecular weight is 393 g/mol. The fourth-order valence-corrected chi connectivity index (χ4v) is 3.16. The van der Waals surface area contributed by atoms with Crippen molar-refractivity contribution in [3.63, 3.8) is 0 Å². The van der Waals surface area contributed by atoms with Gasteiger partial charge in [0, 0.05) is 6.42 Å². The summed E-state index contributed by atoms with van der Waals surface area (Å²) < 4.78 is 1.69. The summed E-state index contributed by atoms with van der Waals surface area (Å²) >= 11 is 13.3. The molecule has 0 saturated heterocycles. The summed E-state index contributed by atoms with van der Waals surface area (Å²) in [5, 5.41) is 23.5. The van der Waals surface area contributed by atoms with Crippen molar-refractivity contribution in [3.8, 4) is 5.75 Å². The molecule has 0 aliphatic carbocycles. The summed E-state index contributed by atoms with van der Waals surface area (Å²) in [5.74, 6) is 0.585. The number of nitrogens with zero attached hydrogens (tertiary/aromatic N) is 4. The van der Waals surface area contributed by atoms with Crippen LogP contribution in [-0.2, 0) is 6.42 Å². The van der Waals surface area contributed by atoms with Crippen LogP contribution in [0.2, 0.25) is 10.0 Å². The minimum atomic E-state index is -0.139. The number of phenols is 1. The predicted molar refractivity (Wildman–Crippen MR) is 102 cm³/mol. The van der Waals surface area contributed by atoms with Gasteiger partial charge in [0.2, 0.25) is 5.16 Å². The van der Waals surface area contributed by atoms with E-state index in [4.69, 9.17) is 23.2 Å². The summed E-state index contributed by atoms with van der Waals surface area (Å²) in [6, 6.07) is 13.2. The summed E-state index contributed by atoms with van der Waals surface area (Å²) in [6.45, 7) is 0. The molecule has 0 saturated carbocycles. The molecule has 3 aromatic rings. The average Bonchev–Trinajstić information content (AvgIpc) is 3.00. The highest BCUT2D eigenvalue weighted by Gasteiger charge is 2.11. The monoisotopic (exact) mass is 392 g/mol. The smallest absolute Gasteiger partial charge is 0.211 e. The van der Waals surface area contributed by atoms with Gasteiger partial charge >= 0.3 is 0 Å². The molecule has 1 aromatic heterocycles. The molecule has 0 aliphatic heterocycles. The van der Waals surface area contributed by atoms with Gasteiger partial charge in [-0.05, 0) is 29.5 Å². The Labute approximate surface area is 159 Å². The minimum absolute atomic E-state index is 0.139. The maximum absolute atomic E-state index is 9.64. The SMILES string of the molecule is CSc1nnc(Cc2ccccc2)n1/N=C\c1cc(Cl)c(O)c(Cl)c1. The van der Waals surface area contributed by atoms with Crippen molar-refractivity contribution < 1.29 is 5.11 Å². The van der Waals surface area contributed by atoms with Gasteiger partial charge in [-0.15, -0.1) is 10.2 Å². The molecule has 0 unspecified atom stereocenters. The molecule has 5 nitrogen and oxygen atoms in total. The number of rotatable bonds is 5. The summed E-state index contributed by atoms with van der Waals surface area (Å²) in [5.41, 5.74) is 1.79. The molecule has 128 valence electrons. The van der Waals surface area contributed by atoms with E-state index in [0.717, 1.165) is 11.4 Å². The van der Waals surface area contributed by atoms with Gasteiger partial charge in [0.1, 0.15) is 0 Å². The van der Waals surface area contributed by atoms with E-state index in [0.29, 0.717) is 17.1 Å². The highest BCUT2D eigenvalue weighted by atomic mass is 35.5. The lowest BCUT2D eigenvalue weighted by atomic mass is 10.1. The van der Waals surface area contributed by atoms with Crippen LogP contribution in [0.1, 0.15) is 17.0 Å². The molecular formula is C17H14Cl2N4OS. The third-order valence-electron chi connectivity index (χ3n) is 3.43. The van der Waals surface area contributed by atoms with E-state index in [2.05, 4.69) is 15.3 Å². The van der Waals surface area contributed by atoms with E-state index in [1.165, 1.54) is 11.8 Å². The topological polar surface area (TPSA) is 63.3 Å². The van der Waals surface area contributed by atoms with Crippen molar-refractivity contribution in [1.29, 1.82) is 0 Å². The summed E-state index contributed by atoms with van der Waals surface area (Å²) in [6.07, 6.45) is 4.13. The van der Waals surface area contributed by atoms with Crippen LogP contribution in [0.3, 0.4) is 0 Å². The molecular weight excluding hydrogens is 379 g/mol. The number of hydrogen-bond acceptors (Lipinski definition) is 5. The fraction of sp³-hybridized carbons (Fsp3) is 0.118. The Balaban J connectivity index is 1.92. The van der Waals surface area contributed by atoms with Crippen molar-refractivity contribution >= 4 is 41.2 Å². The van der Waals surface area contributed by atoms with Crippen LogP contribution in [0.4, 0.5) is 0 Å². The maximum Gasteiger partial charge on any atom is 0.211 e. The number of phenolic OH excluding ortho intramolecular Hbond substituents is 1. The molecule has 8 heteroatoms. The molecule has 0 fully saturated rings. The zero-order valence-electron chi connectivity index (χ0n) is 13.2. The van der Waals surface area contributed by atoms with Gasteiger partial charge in [-0.2, -0.15) is 9.78 Å². The van der Waals surface area contributed by atoms with Crippen LogP contribution >= 0.6 is 35.0 Å². The summed E-state index contributed by atoms with van der Waals surface area (Å²) in [4.78, 5) is 0. The number of aromatic nitrogens is 3. The van der Waals surface area contributed by atoms with Gasteiger partial charge in [-0.25, -0.2) is 0 Å². The maximum atomic E-state index is 9.64. The number of benzene rings is 2. The van der Waals surface area contributed by atoms with E-state index in [1.54, 1.807) is 23.0 Å². The zero-order chi connectivity index (χ0) is 17.8. The van der Waals surface area contributed by atoms with Crippen LogP contribution in [0.5, 0.6) is 5.75 Å². The lowest BCUT2D eigenvalue weighted by molar-refractivity contribution is 0.476. The normalized spacial score (nSPS) is 11.3. The van der Waals surface area contributed by atoms with Gasteiger partial charge < -0.3 is 5.11 Å². The third-order valence-corrected chi connectivity index (χ3v) is 4.62. The van der Waals surface area contributed by atoms with Crippen LogP contribution in [-0.4, -0.2) is 32.5 Å². The third kappa shape index (κ3) is 4.15. The van der Waals surface area contributed by atoms with E-state index in [-0.39, 0.29) is 15.8 Å². The van der Waals surface area contributed by atoms with Crippen LogP contribution in [0.15, 0.2) is 52.7 Å². The Morgan fingerprint density at radius 1 is 1.16 bits per heavy atom. The number of thioether (sulfide) groups is 1. The highest BCUT2D eigenvalue weighted by Crippen LogP contribution is 2.32. The van der Waals surface area contributed by atoms with Crippen LogP contribution in [0, 0.1) is 0 Å². The molecule has 25 heavy (non-hydrogen) atoms. The van der Waals surface area contributed by atoms with E-state index in [9.17, 15) is 5.11 Å². The molecule has 0 spiro atoms. The number of hydrogen-bond donors (Lipinski definition) is 1. The summed E-state index contributed by atoms with van der Waals surface area (Å²) in [7, 11) is 0. The fourth-order valence-electron chi connectivity index (χ4n) is 2.21. The Kier molecular flexibility index (Phi) is 5.63. The lowest BCUT2D eigenvalue weighted by Gasteiger charge is -2.04. The standard InChI is InChI=1S/C17H14Cl2N4OS/c1-25-17-22-21-15(9-11-5-3-2-4-6-11)23(17)20-10-12-7-13(18)16(24)14(19)8-12/h2-8,10,24H,9H2,1H3/b20-10-. The van der Waals surface area contributed by atoms with Gasteiger partial charge in [0.25, 0.3) is 0 Å². The quantitative estimate of drug-likeness (QED) is 0.513. The molecule has 0 radical (unpaired) electrons. The molecule has 0 bridgehead atoms. The Bertz CT molecular complexity index is 889. The molecule has 1 heterocycles. The highest BCUT2D eigenvalue weighted by molar-refractivity contribution is 7.98. The molecule has 3 rings (SSSR count). The second kappa shape index (κ2) is 7.91. The van der Waals surface area contributed by atoms with Crippen LogP contribution in [0.25, 0.3) is 0 Å².